The molecule has 0 aliphatic rings. The maximum Gasteiger partial charge on any atom is 0.265 e. The van der Waals surface area contributed by atoms with Gasteiger partial charge in [-0.25, -0.2) is 13.8 Å². The highest BCUT2D eigenvalue weighted by molar-refractivity contribution is 6.68. The zero-order valence-electron chi connectivity index (χ0n) is 7.22. The van der Waals surface area contributed by atoms with Crippen LogP contribution in [0.1, 0.15) is 27.9 Å². The molecule has 0 aromatic carbocycles. The van der Waals surface area contributed by atoms with Gasteiger partial charge in [0.1, 0.15) is 5.82 Å². The topological polar surface area (TPSA) is 56.0 Å². The molecular formula is C8H7ClF2N2O. The van der Waals surface area contributed by atoms with Crippen molar-refractivity contribution in [3.63, 3.8) is 0 Å². The summed E-state index contributed by atoms with van der Waals surface area (Å²) in [7, 11) is 0. The third kappa shape index (κ3) is 1.82. The first-order valence-corrected chi connectivity index (χ1v) is 4.06. The van der Waals surface area contributed by atoms with Crippen molar-refractivity contribution in [2.75, 3.05) is 5.73 Å². The van der Waals surface area contributed by atoms with Crippen LogP contribution in [0.15, 0.2) is 6.20 Å². The lowest BCUT2D eigenvalue weighted by Crippen LogP contribution is -2.08. The summed E-state index contributed by atoms with van der Waals surface area (Å²) in [6, 6.07) is 0. The van der Waals surface area contributed by atoms with E-state index >= 15 is 0 Å². The number of hydrogen-bond acceptors (Lipinski definition) is 3. The number of rotatable bonds is 2. The lowest BCUT2D eigenvalue weighted by Gasteiger charge is -2.09. The Morgan fingerprint density at radius 2 is 2.21 bits per heavy atom. The van der Waals surface area contributed by atoms with Crippen molar-refractivity contribution in [3.8, 4) is 0 Å². The van der Waals surface area contributed by atoms with Crippen molar-refractivity contribution < 1.29 is 13.6 Å². The fourth-order valence-electron chi connectivity index (χ4n) is 1.12. The van der Waals surface area contributed by atoms with Crippen LogP contribution in [0.25, 0.3) is 0 Å². The van der Waals surface area contributed by atoms with Gasteiger partial charge in [0, 0.05) is 11.8 Å². The molecule has 76 valence electrons. The van der Waals surface area contributed by atoms with Crippen LogP contribution < -0.4 is 5.73 Å². The molecule has 1 aromatic rings. The molecule has 14 heavy (non-hydrogen) atoms. The number of nitrogens with two attached hydrogens (primary N) is 1. The maximum absolute atomic E-state index is 12.5. The standard InChI is InChI=1S/C8H7ClF2N2O/c1-3-2-13-8(12)5(6(9)14)4(3)7(10)11/h2,7H,1H3,(H2,12,13). The maximum atomic E-state index is 12.5. The molecule has 0 aliphatic heterocycles. The number of halogens is 3. The van der Waals surface area contributed by atoms with Crippen LogP contribution in [0.4, 0.5) is 14.6 Å². The molecule has 2 N–H and O–H groups in total. The number of carbonyl (C=O) groups is 1. The molecule has 0 saturated carbocycles. The molecule has 6 heteroatoms. The highest BCUT2D eigenvalue weighted by atomic mass is 35.5. The van der Waals surface area contributed by atoms with Crippen molar-refractivity contribution in [2.45, 2.75) is 13.3 Å². The predicted octanol–water partition coefficient (Wildman–Crippen LogP) is 2.29. The Morgan fingerprint density at radius 1 is 1.64 bits per heavy atom. The lowest BCUT2D eigenvalue weighted by molar-refractivity contribution is 0.106. The Morgan fingerprint density at radius 3 is 2.57 bits per heavy atom. The van der Waals surface area contributed by atoms with Gasteiger partial charge in [-0.05, 0) is 24.1 Å². The molecule has 0 unspecified atom stereocenters. The SMILES string of the molecule is Cc1cnc(N)c(C(=O)Cl)c1C(F)F. The molecule has 1 heterocycles. The summed E-state index contributed by atoms with van der Waals surface area (Å²) in [5, 5.41) is -1.02. The second-order valence-corrected chi connectivity index (χ2v) is 3.03. The Bertz CT molecular complexity index is 382. The van der Waals surface area contributed by atoms with Gasteiger partial charge in [-0.2, -0.15) is 0 Å². The van der Waals surface area contributed by atoms with E-state index in [0.717, 1.165) is 0 Å². The van der Waals surface area contributed by atoms with Gasteiger partial charge in [0.25, 0.3) is 11.7 Å². The third-order valence-electron chi connectivity index (χ3n) is 1.76. The summed E-state index contributed by atoms with van der Waals surface area (Å²) in [5.41, 5.74) is 4.62. The zero-order chi connectivity index (χ0) is 10.9. The molecule has 0 aliphatic carbocycles. The molecule has 0 radical (unpaired) electrons. The van der Waals surface area contributed by atoms with Gasteiger partial charge in [0.15, 0.2) is 0 Å². The van der Waals surface area contributed by atoms with Gasteiger partial charge in [0.2, 0.25) is 0 Å². The van der Waals surface area contributed by atoms with E-state index in [1.54, 1.807) is 0 Å². The summed E-state index contributed by atoms with van der Waals surface area (Å²) in [5.74, 6) is -0.272. The Hall–Kier alpha value is -1.23. The average Bonchev–Trinajstić information content (AvgIpc) is 2.07. The van der Waals surface area contributed by atoms with Crippen LogP contribution in [0, 0.1) is 6.92 Å². The van der Waals surface area contributed by atoms with Crippen molar-refractivity contribution in [1.29, 1.82) is 0 Å². The number of hydrogen-bond donors (Lipinski definition) is 1. The Kier molecular flexibility index (Phi) is 3.00. The number of pyridine rings is 1. The molecule has 0 fully saturated rings. The van der Waals surface area contributed by atoms with E-state index in [1.807, 2.05) is 0 Å². The van der Waals surface area contributed by atoms with Gasteiger partial charge in [-0.3, -0.25) is 4.79 Å². The summed E-state index contributed by atoms with van der Waals surface area (Å²) in [6.07, 6.45) is -1.61. The van der Waals surface area contributed by atoms with Crippen molar-refractivity contribution in [3.05, 3.63) is 22.9 Å². The van der Waals surface area contributed by atoms with Gasteiger partial charge in [-0.15, -0.1) is 0 Å². The highest BCUT2D eigenvalue weighted by Crippen LogP contribution is 2.29. The molecule has 0 bridgehead atoms. The van der Waals surface area contributed by atoms with Crippen LogP contribution in [-0.2, 0) is 0 Å². The molecule has 1 rings (SSSR count). The van der Waals surface area contributed by atoms with Crippen LogP contribution in [0.3, 0.4) is 0 Å². The number of nitrogens with zero attached hydrogens (tertiary/aromatic N) is 1. The number of carbonyl (C=O) groups excluding carboxylic acids is 1. The van der Waals surface area contributed by atoms with Crippen LogP contribution in [-0.4, -0.2) is 10.2 Å². The Balaban J connectivity index is 3.50. The van der Waals surface area contributed by atoms with E-state index in [4.69, 9.17) is 17.3 Å². The van der Waals surface area contributed by atoms with Crippen molar-refractivity contribution in [2.24, 2.45) is 0 Å². The molecular weight excluding hydrogens is 214 g/mol. The first-order valence-electron chi connectivity index (χ1n) is 3.68. The predicted molar refractivity (Wildman–Crippen MR) is 48.5 cm³/mol. The van der Waals surface area contributed by atoms with E-state index in [1.165, 1.54) is 13.1 Å². The van der Waals surface area contributed by atoms with Crippen LogP contribution in [0.2, 0.25) is 0 Å². The van der Waals surface area contributed by atoms with Gasteiger partial charge >= 0.3 is 0 Å². The monoisotopic (exact) mass is 220 g/mol. The first-order chi connectivity index (χ1) is 6.45. The molecule has 0 atom stereocenters. The minimum Gasteiger partial charge on any atom is -0.383 e. The molecule has 3 nitrogen and oxygen atoms in total. The van der Waals surface area contributed by atoms with Crippen molar-refractivity contribution in [1.82, 2.24) is 4.98 Å². The average molecular weight is 221 g/mol. The largest absolute Gasteiger partial charge is 0.383 e. The van der Waals surface area contributed by atoms with Crippen molar-refractivity contribution >= 4 is 22.7 Å². The zero-order valence-corrected chi connectivity index (χ0v) is 7.98. The number of aryl methyl sites for hydroxylation is 1. The minimum atomic E-state index is -2.79. The van der Waals surface area contributed by atoms with E-state index in [9.17, 15) is 13.6 Å². The minimum absolute atomic E-state index is 0.193. The summed E-state index contributed by atoms with van der Waals surface area (Å²) < 4.78 is 25.1. The molecule has 0 spiro atoms. The molecule has 0 saturated heterocycles. The number of anilines is 1. The van der Waals surface area contributed by atoms with E-state index < -0.39 is 22.8 Å². The highest BCUT2D eigenvalue weighted by Gasteiger charge is 2.22. The second kappa shape index (κ2) is 3.88. The van der Waals surface area contributed by atoms with E-state index in [-0.39, 0.29) is 11.4 Å². The molecule has 1 aromatic heterocycles. The number of aromatic nitrogens is 1. The quantitative estimate of drug-likeness (QED) is 0.778. The summed E-state index contributed by atoms with van der Waals surface area (Å²) in [4.78, 5) is 14.4. The molecule has 0 amide bonds. The first kappa shape index (κ1) is 10.8. The van der Waals surface area contributed by atoms with Crippen LogP contribution in [0.5, 0.6) is 0 Å². The van der Waals surface area contributed by atoms with Gasteiger partial charge in [0.05, 0.1) is 5.56 Å². The van der Waals surface area contributed by atoms with Gasteiger partial charge < -0.3 is 5.73 Å². The van der Waals surface area contributed by atoms with E-state index in [2.05, 4.69) is 4.98 Å². The fraction of sp³-hybridized carbons (Fsp3) is 0.250. The summed E-state index contributed by atoms with van der Waals surface area (Å²) in [6.45, 7) is 1.41. The second-order valence-electron chi connectivity index (χ2n) is 2.69. The fourth-order valence-corrected chi connectivity index (χ4v) is 1.32. The normalized spacial score (nSPS) is 10.6. The van der Waals surface area contributed by atoms with Crippen LogP contribution >= 0.6 is 11.6 Å². The Labute approximate surface area is 83.9 Å². The van der Waals surface area contributed by atoms with Gasteiger partial charge in [-0.1, -0.05) is 0 Å². The lowest BCUT2D eigenvalue weighted by atomic mass is 10.1. The third-order valence-corrected chi connectivity index (χ3v) is 1.95. The smallest absolute Gasteiger partial charge is 0.265 e. The van der Waals surface area contributed by atoms with E-state index in [0.29, 0.717) is 0 Å². The summed E-state index contributed by atoms with van der Waals surface area (Å²) >= 11 is 5.14. The number of nitrogen functional groups attached to an aromatic ring is 1. The number of alkyl halides is 2.